The van der Waals surface area contributed by atoms with Gasteiger partial charge in [-0.3, -0.25) is 4.79 Å². The normalized spacial score (nSPS) is 14.8. The summed E-state index contributed by atoms with van der Waals surface area (Å²) in [5.41, 5.74) is 1.15. The summed E-state index contributed by atoms with van der Waals surface area (Å²) >= 11 is 1.56. The lowest BCUT2D eigenvalue weighted by atomic mass is 9.96. The molecule has 3 aromatic rings. The van der Waals surface area contributed by atoms with Crippen molar-refractivity contribution >= 4 is 23.5 Å². The summed E-state index contributed by atoms with van der Waals surface area (Å²) in [6, 6.07) is 17.0. The fourth-order valence-electron chi connectivity index (χ4n) is 3.78. The third-order valence-corrected chi connectivity index (χ3v) is 6.74. The highest BCUT2D eigenvalue weighted by molar-refractivity contribution is 7.99. The molecule has 4 rings (SSSR count). The molecule has 1 aliphatic heterocycles. The summed E-state index contributed by atoms with van der Waals surface area (Å²) in [6.07, 6.45) is -3.00. The Labute approximate surface area is 200 Å². The van der Waals surface area contributed by atoms with Crippen LogP contribution in [0.3, 0.4) is 0 Å². The number of aromatic nitrogens is 2. The molecule has 1 aliphatic rings. The molecule has 2 aromatic carbocycles. The molecule has 1 saturated heterocycles. The number of nitrogens with one attached hydrogen (secondary N) is 1. The number of anilines is 1. The largest absolute Gasteiger partial charge is 0.416 e. The summed E-state index contributed by atoms with van der Waals surface area (Å²) in [6.45, 7) is 3.65. The highest BCUT2D eigenvalue weighted by Gasteiger charge is 2.30. The molecule has 9 heteroatoms. The molecule has 1 N–H and O–H groups in total. The number of hydrogen-bond donors (Lipinski definition) is 1. The third kappa shape index (κ3) is 6.28. The molecule has 1 amide bonds. The van der Waals surface area contributed by atoms with Crippen LogP contribution in [0.15, 0.2) is 70.6 Å². The molecule has 5 nitrogen and oxygen atoms in total. The second-order valence-corrected chi connectivity index (χ2v) is 9.41. The predicted octanol–water partition coefficient (Wildman–Crippen LogP) is 5.49. The first-order valence-electron chi connectivity index (χ1n) is 11.0. The van der Waals surface area contributed by atoms with Gasteiger partial charge in [-0.15, -0.1) is 10.2 Å². The standard InChI is InChI=1S/C25H25F3N4OS/c1-17-2-8-21(9-3-17)34-23-11-10-22(30-31-23)32-14-12-19(13-15-32)24(33)29-16-18-4-6-20(7-5-18)25(26,27)28/h2-11,19H,12-16H2,1H3,(H,29,33). The zero-order chi connectivity index (χ0) is 24.1. The Hall–Kier alpha value is -3.07. The minimum atomic E-state index is -4.36. The highest BCUT2D eigenvalue weighted by atomic mass is 32.2. The van der Waals surface area contributed by atoms with Gasteiger partial charge in [0.1, 0.15) is 5.03 Å². The summed E-state index contributed by atoms with van der Waals surface area (Å²) in [4.78, 5) is 15.8. The van der Waals surface area contributed by atoms with Crippen molar-refractivity contribution in [3.05, 3.63) is 77.4 Å². The van der Waals surface area contributed by atoms with E-state index in [1.165, 1.54) is 17.7 Å². The van der Waals surface area contributed by atoms with E-state index in [4.69, 9.17) is 0 Å². The number of halogens is 3. The fraction of sp³-hybridized carbons (Fsp3) is 0.320. The average Bonchev–Trinajstić information content (AvgIpc) is 2.84. The summed E-state index contributed by atoms with van der Waals surface area (Å²) in [5.74, 6) is 0.586. The van der Waals surface area contributed by atoms with Crippen molar-refractivity contribution in [3.63, 3.8) is 0 Å². The monoisotopic (exact) mass is 486 g/mol. The Kier molecular flexibility index (Phi) is 7.41. The molecule has 2 heterocycles. The number of aryl methyl sites for hydroxylation is 1. The van der Waals surface area contributed by atoms with E-state index in [-0.39, 0.29) is 18.4 Å². The van der Waals surface area contributed by atoms with E-state index < -0.39 is 11.7 Å². The molecule has 34 heavy (non-hydrogen) atoms. The van der Waals surface area contributed by atoms with Crippen molar-refractivity contribution < 1.29 is 18.0 Å². The number of amides is 1. The van der Waals surface area contributed by atoms with Gasteiger partial charge in [0.25, 0.3) is 0 Å². The fourth-order valence-corrected chi connectivity index (χ4v) is 4.51. The van der Waals surface area contributed by atoms with Crippen molar-refractivity contribution in [1.29, 1.82) is 0 Å². The molecule has 1 fully saturated rings. The second kappa shape index (κ2) is 10.5. The lowest BCUT2D eigenvalue weighted by Gasteiger charge is -2.31. The van der Waals surface area contributed by atoms with Crippen LogP contribution in [0, 0.1) is 12.8 Å². The number of benzene rings is 2. The molecule has 0 aliphatic carbocycles. The van der Waals surface area contributed by atoms with E-state index in [0.29, 0.717) is 31.5 Å². The lowest BCUT2D eigenvalue weighted by molar-refractivity contribution is -0.137. The van der Waals surface area contributed by atoms with Crippen LogP contribution in [0.5, 0.6) is 0 Å². The number of carbonyl (C=O) groups is 1. The van der Waals surface area contributed by atoms with E-state index >= 15 is 0 Å². The maximum Gasteiger partial charge on any atom is 0.416 e. The van der Waals surface area contributed by atoms with Gasteiger partial charge in [-0.25, -0.2) is 0 Å². The molecule has 0 saturated carbocycles. The number of nitrogens with zero attached hydrogens (tertiary/aromatic N) is 3. The maximum absolute atomic E-state index is 12.7. The van der Waals surface area contributed by atoms with Gasteiger partial charge >= 0.3 is 6.18 Å². The van der Waals surface area contributed by atoms with Crippen molar-refractivity contribution in [1.82, 2.24) is 15.5 Å². The van der Waals surface area contributed by atoms with Gasteiger partial charge in [0.2, 0.25) is 5.91 Å². The van der Waals surface area contributed by atoms with E-state index in [1.54, 1.807) is 11.8 Å². The van der Waals surface area contributed by atoms with Crippen LogP contribution in [0.4, 0.5) is 19.0 Å². The molecule has 0 atom stereocenters. The summed E-state index contributed by atoms with van der Waals surface area (Å²) < 4.78 is 38.0. The number of carbonyl (C=O) groups excluding carboxylic acids is 1. The van der Waals surface area contributed by atoms with Gasteiger partial charge < -0.3 is 10.2 Å². The van der Waals surface area contributed by atoms with Crippen molar-refractivity contribution in [2.24, 2.45) is 5.92 Å². The first-order chi connectivity index (χ1) is 16.3. The van der Waals surface area contributed by atoms with Gasteiger partial charge in [-0.05, 0) is 61.7 Å². The first kappa shape index (κ1) is 24.1. The molecule has 0 spiro atoms. The van der Waals surface area contributed by atoms with Gasteiger partial charge in [-0.2, -0.15) is 13.2 Å². The Morgan fingerprint density at radius 1 is 1.00 bits per heavy atom. The first-order valence-corrected chi connectivity index (χ1v) is 11.9. The van der Waals surface area contributed by atoms with Crippen LogP contribution >= 0.6 is 11.8 Å². The van der Waals surface area contributed by atoms with E-state index in [2.05, 4.69) is 51.6 Å². The Morgan fingerprint density at radius 3 is 2.26 bits per heavy atom. The van der Waals surface area contributed by atoms with Crippen LogP contribution in [-0.4, -0.2) is 29.2 Å². The van der Waals surface area contributed by atoms with Gasteiger partial charge in [-0.1, -0.05) is 41.6 Å². The number of hydrogen-bond acceptors (Lipinski definition) is 5. The average molecular weight is 487 g/mol. The Bertz CT molecular complexity index is 1100. The second-order valence-electron chi connectivity index (χ2n) is 8.32. The van der Waals surface area contributed by atoms with Gasteiger partial charge in [0.05, 0.1) is 5.56 Å². The molecule has 0 bridgehead atoms. The SMILES string of the molecule is Cc1ccc(Sc2ccc(N3CCC(C(=O)NCc4ccc(C(F)(F)F)cc4)CC3)nn2)cc1. The lowest BCUT2D eigenvalue weighted by Crippen LogP contribution is -2.40. The van der Waals surface area contributed by atoms with Crippen molar-refractivity contribution in [3.8, 4) is 0 Å². The van der Waals surface area contributed by atoms with Crippen LogP contribution in [-0.2, 0) is 17.5 Å². The molecule has 1 aromatic heterocycles. The quantitative estimate of drug-likeness (QED) is 0.500. The number of rotatable bonds is 6. The molecule has 0 unspecified atom stereocenters. The topological polar surface area (TPSA) is 58.1 Å². The minimum absolute atomic E-state index is 0.0736. The van der Waals surface area contributed by atoms with E-state index in [1.807, 2.05) is 12.1 Å². The summed E-state index contributed by atoms with van der Waals surface area (Å²) in [5, 5.41) is 12.4. The van der Waals surface area contributed by atoms with E-state index in [9.17, 15) is 18.0 Å². The Morgan fingerprint density at radius 2 is 1.68 bits per heavy atom. The van der Waals surface area contributed by atoms with Crippen molar-refractivity contribution in [2.45, 2.75) is 42.4 Å². The summed E-state index contributed by atoms with van der Waals surface area (Å²) in [7, 11) is 0. The van der Waals surface area contributed by atoms with Crippen LogP contribution in [0.1, 0.15) is 29.5 Å². The highest BCUT2D eigenvalue weighted by Crippen LogP contribution is 2.29. The van der Waals surface area contributed by atoms with Gasteiger partial charge in [0, 0.05) is 30.4 Å². The molecular formula is C25H25F3N4OS. The van der Waals surface area contributed by atoms with Crippen LogP contribution < -0.4 is 10.2 Å². The minimum Gasteiger partial charge on any atom is -0.355 e. The van der Waals surface area contributed by atoms with E-state index in [0.717, 1.165) is 27.9 Å². The van der Waals surface area contributed by atoms with Crippen molar-refractivity contribution in [2.75, 3.05) is 18.0 Å². The smallest absolute Gasteiger partial charge is 0.355 e. The third-order valence-electron chi connectivity index (χ3n) is 5.81. The molecular weight excluding hydrogens is 461 g/mol. The van der Waals surface area contributed by atoms with Crippen LogP contribution in [0.25, 0.3) is 0 Å². The number of piperidine rings is 1. The molecule has 0 radical (unpaired) electrons. The maximum atomic E-state index is 12.7. The predicted molar refractivity (Wildman–Crippen MR) is 126 cm³/mol. The van der Waals surface area contributed by atoms with Gasteiger partial charge in [0.15, 0.2) is 5.82 Å². The van der Waals surface area contributed by atoms with Crippen LogP contribution in [0.2, 0.25) is 0 Å². The number of alkyl halides is 3. The Balaban J connectivity index is 1.24. The zero-order valence-corrected chi connectivity index (χ0v) is 19.5. The zero-order valence-electron chi connectivity index (χ0n) is 18.7. The molecule has 178 valence electrons.